The lowest BCUT2D eigenvalue weighted by Crippen LogP contribution is -2.31. The molecule has 0 aliphatic heterocycles. The van der Waals surface area contributed by atoms with Crippen LogP contribution in [0.5, 0.6) is 0 Å². The molecule has 1 aromatic heterocycles. The molecular formula is C13H22N2O2S2. The number of hydrogen-bond acceptors (Lipinski definition) is 4. The van der Waals surface area contributed by atoms with Crippen LogP contribution in [0.1, 0.15) is 25.1 Å². The number of nitrogens with one attached hydrogen (secondary N) is 1. The molecule has 1 rings (SSSR count). The SMILES string of the molecule is C=CCN(CCC)S(=O)(=O)c1csc(CNCC)c1. The van der Waals surface area contributed by atoms with Gasteiger partial charge in [-0.25, -0.2) is 8.42 Å². The van der Waals surface area contributed by atoms with Gasteiger partial charge in [-0.15, -0.1) is 17.9 Å². The molecule has 0 aliphatic carbocycles. The van der Waals surface area contributed by atoms with E-state index in [1.165, 1.54) is 15.6 Å². The third-order valence-electron chi connectivity index (χ3n) is 2.62. The molecule has 0 saturated carbocycles. The molecule has 0 fully saturated rings. The van der Waals surface area contributed by atoms with Crippen LogP contribution >= 0.6 is 11.3 Å². The number of thiophene rings is 1. The Balaban J connectivity index is 2.90. The Morgan fingerprint density at radius 2 is 2.21 bits per heavy atom. The van der Waals surface area contributed by atoms with Crippen molar-refractivity contribution in [2.45, 2.75) is 31.7 Å². The summed E-state index contributed by atoms with van der Waals surface area (Å²) in [6.07, 6.45) is 2.42. The topological polar surface area (TPSA) is 49.4 Å². The Morgan fingerprint density at radius 3 is 2.79 bits per heavy atom. The summed E-state index contributed by atoms with van der Waals surface area (Å²) < 4.78 is 26.4. The second-order valence-electron chi connectivity index (χ2n) is 4.18. The predicted molar refractivity (Wildman–Crippen MR) is 80.9 cm³/mol. The monoisotopic (exact) mass is 302 g/mol. The predicted octanol–water partition coefficient (Wildman–Crippen LogP) is 2.44. The summed E-state index contributed by atoms with van der Waals surface area (Å²) in [4.78, 5) is 1.43. The van der Waals surface area contributed by atoms with Crippen LogP contribution in [0.15, 0.2) is 29.0 Å². The van der Waals surface area contributed by atoms with Gasteiger partial charge >= 0.3 is 0 Å². The summed E-state index contributed by atoms with van der Waals surface area (Å²) in [5, 5.41) is 4.91. The van der Waals surface area contributed by atoms with Gasteiger partial charge in [0.15, 0.2) is 0 Å². The van der Waals surface area contributed by atoms with Crippen molar-refractivity contribution in [3.05, 3.63) is 29.0 Å². The fourth-order valence-corrected chi connectivity index (χ4v) is 4.42. The third kappa shape index (κ3) is 4.42. The van der Waals surface area contributed by atoms with Gasteiger partial charge in [-0.3, -0.25) is 0 Å². The Hall–Kier alpha value is -0.690. The Morgan fingerprint density at radius 1 is 1.47 bits per heavy atom. The lowest BCUT2D eigenvalue weighted by atomic mass is 10.4. The molecule has 0 amide bonds. The van der Waals surface area contributed by atoms with Crippen molar-refractivity contribution in [3.63, 3.8) is 0 Å². The highest BCUT2D eigenvalue weighted by atomic mass is 32.2. The second kappa shape index (κ2) is 7.79. The highest BCUT2D eigenvalue weighted by Crippen LogP contribution is 2.22. The van der Waals surface area contributed by atoms with E-state index < -0.39 is 10.0 Å². The van der Waals surface area contributed by atoms with Gasteiger partial charge in [0.2, 0.25) is 10.0 Å². The number of hydrogen-bond donors (Lipinski definition) is 1. The zero-order chi connectivity index (χ0) is 14.3. The van der Waals surface area contributed by atoms with Gasteiger partial charge in [0, 0.05) is 29.9 Å². The van der Waals surface area contributed by atoms with E-state index in [9.17, 15) is 8.42 Å². The van der Waals surface area contributed by atoms with Crippen molar-refractivity contribution in [1.29, 1.82) is 0 Å². The van der Waals surface area contributed by atoms with Crippen LogP contribution in [0.4, 0.5) is 0 Å². The first-order valence-electron chi connectivity index (χ1n) is 6.45. The number of sulfonamides is 1. The van der Waals surface area contributed by atoms with E-state index in [1.807, 2.05) is 13.8 Å². The maximum atomic E-state index is 12.5. The summed E-state index contributed by atoms with van der Waals surface area (Å²) in [5.74, 6) is 0. The highest BCUT2D eigenvalue weighted by Gasteiger charge is 2.23. The zero-order valence-electron chi connectivity index (χ0n) is 11.6. The van der Waals surface area contributed by atoms with Crippen LogP contribution in [0, 0.1) is 0 Å². The van der Waals surface area contributed by atoms with E-state index in [2.05, 4.69) is 11.9 Å². The molecule has 1 N–H and O–H groups in total. The van der Waals surface area contributed by atoms with Crippen molar-refractivity contribution in [2.24, 2.45) is 0 Å². The highest BCUT2D eigenvalue weighted by molar-refractivity contribution is 7.89. The van der Waals surface area contributed by atoms with Crippen molar-refractivity contribution < 1.29 is 8.42 Å². The molecule has 0 unspecified atom stereocenters. The molecular weight excluding hydrogens is 280 g/mol. The molecule has 0 bridgehead atoms. The zero-order valence-corrected chi connectivity index (χ0v) is 13.2. The molecule has 0 radical (unpaired) electrons. The molecule has 108 valence electrons. The smallest absolute Gasteiger partial charge is 0.244 e. The molecule has 0 aliphatic rings. The first kappa shape index (κ1) is 16.4. The minimum absolute atomic E-state index is 0.356. The Labute approximate surface area is 120 Å². The van der Waals surface area contributed by atoms with Gasteiger partial charge in [-0.2, -0.15) is 4.31 Å². The third-order valence-corrected chi connectivity index (χ3v) is 5.55. The Bertz CT molecular complexity index is 494. The van der Waals surface area contributed by atoms with Crippen LogP contribution in [-0.2, 0) is 16.6 Å². The minimum atomic E-state index is -3.38. The van der Waals surface area contributed by atoms with E-state index in [0.29, 0.717) is 24.5 Å². The average Bonchev–Trinajstić information content (AvgIpc) is 2.85. The van der Waals surface area contributed by atoms with Crippen molar-refractivity contribution in [1.82, 2.24) is 9.62 Å². The van der Waals surface area contributed by atoms with E-state index in [-0.39, 0.29) is 0 Å². The maximum absolute atomic E-state index is 12.5. The van der Waals surface area contributed by atoms with Gasteiger partial charge in [-0.05, 0) is 19.0 Å². The second-order valence-corrected chi connectivity index (χ2v) is 7.11. The van der Waals surface area contributed by atoms with Crippen LogP contribution in [-0.4, -0.2) is 32.4 Å². The minimum Gasteiger partial charge on any atom is -0.312 e. The molecule has 0 aromatic carbocycles. The summed E-state index contributed by atoms with van der Waals surface area (Å²) >= 11 is 1.48. The average molecular weight is 302 g/mol. The normalized spacial score (nSPS) is 11.9. The molecule has 0 saturated heterocycles. The first-order chi connectivity index (χ1) is 9.06. The molecule has 1 aromatic rings. The van der Waals surface area contributed by atoms with E-state index in [0.717, 1.165) is 17.8 Å². The van der Waals surface area contributed by atoms with E-state index >= 15 is 0 Å². The van der Waals surface area contributed by atoms with Crippen LogP contribution in [0.2, 0.25) is 0 Å². The van der Waals surface area contributed by atoms with Gasteiger partial charge < -0.3 is 5.32 Å². The van der Waals surface area contributed by atoms with Gasteiger partial charge in [0.1, 0.15) is 0 Å². The van der Waals surface area contributed by atoms with E-state index in [1.54, 1.807) is 17.5 Å². The lowest BCUT2D eigenvalue weighted by molar-refractivity contribution is 0.441. The van der Waals surface area contributed by atoms with E-state index in [4.69, 9.17) is 0 Å². The van der Waals surface area contributed by atoms with Crippen molar-refractivity contribution in [3.8, 4) is 0 Å². The van der Waals surface area contributed by atoms with Crippen molar-refractivity contribution >= 4 is 21.4 Å². The van der Waals surface area contributed by atoms with Crippen LogP contribution < -0.4 is 5.32 Å². The quantitative estimate of drug-likeness (QED) is 0.713. The van der Waals surface area contributed by atoms with Gasteiger partial charge in [0.05, 0.1) is 4.90 Å². The van der Waals surface area contributed by atoms with Gasteiger partial charge in [-0.1, -0.05) is 19.9 Å². The van der Waals surface area contributed by atoms with Crippen molar-refractivity contribution in [2.75, 3.05) is 19.6 Å². The number of nitrogens with zero attached hydrogens (tertiary/aromatic N) is 1. The molecule has 0 spiro atoms. The largest absolute Gasteiger partial charge is 0.312 e. The molecule has 19 heavy (non-hydrogen) atoms. The maximum Gasteiger partial charge on any atom is 0.244 e. The Kier molecular flexibility index (Phi) is 6.71. The molecule has 0 atom stereocenters. The summed E-state index contributed by atoms with van der Waals surface area (Å²) in [7, 11) is -3.38. The summed E-state index contributed by atoms with van der Waals surface area (Å²) in [6, 6.07) is 1.76. The molecule has 4 nitrogen and oxygen atoms in total. The van der Waals surface area contributed by atoms with Crippen LogP contribution in [0.3, 0.4) is 0 Å². The fourth-order valence-electron chi connectivity index (χ4n) is 1.69. The van der Waals surface area contributed by atoms with Gasteiger partial charge in [0.25, 0.3) is 0 Å². The first-order valence-corrected chi connectivity index (χ1v) is 8.77. The summed E-state index contributed by atoms with van der Waals surface area (Å²) in [5.41, 5.74) is 0. The fraction of sp³-hybridized carbons (Fsp3) is 0.538. The summed E-state index contributed by atoms with van der Waals surface area (Å²) in [6.45, 7) is 10.1. The molecule has 6 heteroatoms. The lowest BCUT2D eigenvalue weighted by Gasteiger charge is -2.18. The van der Waals surface area contributed by atoms with Crippen LogP contribution in [0.25, 0.3) is 0 Å². The standard InChI is InChI=1S/C13H22N2O2S2/c1-4-7-15(8-5-2)19(16,17)13-9-12(18-11-13)10-14-6-3/h4,9,11,14H,1,5-8,10H2,2-3H3. The molecule has 1 heterocycles. The number of rotatable bonds is 9.